The van der Waals surface area contributed by atoms with E-state index in [0.717, 1.165) is 23.4 Å². The second kappa shape index (κ2) is 3.65. The summed E-state index contributed by atoms with van der Waals surface area (Å²) in [5.41, 5.74) is 0.838. The molecule has 0 aromatic heterocycles. The summed E-state index contributed by atoms with van der Waals surface area (Å²) in [5, 5.41) is 11.7. The molecule has 2 N–H and O–H groups in total. The third-order valence-electron chi connectivity index (χ3n) is 2.40. The third-order valence-corrected chi connectivity index (χ3v) is 3.66. The molecular weight excluding hydrogens is 202 g/mol. The topological polar surface area (TPSA) is 66.4 Å². The van der Waals surface area contributed by atoms with Crippen molar-refractivity contribution in [3.63, 3.8) is 0 Å². The van der Waals surface area contributed by atoms with E-state index in [9.17, 15) is 9.59 Å². The van der Waals surface area contributed by atoms with E-state index in [-0.39, 0.29) is 5.78 Å². The smallest absolute Gasteiger partial charge is 0.326 e. The second-order valence-electron chi connectivity index (χ2n) is 3.43. The van der Waals surface area contributed by atoms with Crippen LogP contribution in [0.3, 0.4) is 0 Å². The monoisotopic (exact) mass is 213 g/mol. The van der Waals surface area contributed by atoms with Crippen LogP contribution < -0.4 is 5.32 Å². The summed E-state index contributed by atoms with van der Waals surface area (Å²) in [7, 11) is 0. The number of aliphatic carboxylic acids is 1. The number of ketones is 1. The average molecular weight is 213 g/mol. The maximum absolute atomic E-state index is 11.4. The first-order chi connectivity index (χ1) is 6.68. The largest absolute Gasteiger partial charge is 0.480 e. The molecule has 2 aliphatic rings. The Morgan fingerprint density at radius 1 is 1.50 bits per heavy atom. The molecule has 14 heavy (non-hydrogen) atoms. The minimum absolute atomic E-state index is 0.160. The highest BCUT2D eigenvalue weighted by Crippen LogP contribution is 2.32. The summed E-state index contributed by atoms with van der Waals surface area (Å²) in [6, 6.07) is -0.537. The first kappa shape index (κ1) is 9.58. The molecule has 1 unspecified atom stereocenters. The summed E-state index contributed by atoms with van der Waals surface area (Å²) in [4.78, 5) is 22.9. The number of carboxylic acid groups (broad SMARTS) is 1. The van der Waals surface area contributed by atoms with Crippen molar-refractivity contribution < 1.29 is 14.7 Å². The van der Waals surface area contributed by atoms with E-state index >= 15 is 0 Å². The normalized spacial score (nSPS) is 26.9. The summed E-state index contributed by atoms with van der Waals surface area (Å²) >= 11 is 1.38. The predicted octanol–water partition coefficient (Wildman–Crippen LogP) is 0.741. The molecular formula is C9H11NO3S. The van der Waals surface area contributed by atoms with Gasteiger partial charge in [-0.2, -0.15) is 0 Å². The van der Waals surface area contributed by atoms with Crippen molar-refractivity contribution in [3.05, 3.63) is 10.6 Å². The van der Waals surface area contributed by atoms with Crippen LogP contribution in [0.1, 0.15) is 19.3 Å². The number of thioether (sulfide) groups is 1. The minimum atomic E-state index is -0.845. The van der Waals surface area contributed by atoms with E-state index in [1.807, 2.05) is 0 Å². The van der Waals surface area contributed by atoms with Gasteiger partial charge in [0.1, 0.15) is 6.04 Å². The molecule has 0 fully saturated rings. The highest BCUT2D eigenvalue weighted by Gasteiger charge is 2.30. The van der Waals surface area contributed by atoms with Crippen molar-refractivity contribution in [2.24, 2.45) is 0 Å². The van der Waals surface area contributed by atoms with Gasteiger partial charge in [0.05, 0.1) is 4.91 Å². The minimum Gasteiger partial charge on any atom is -0.480 e. The zero-order valence-corrected chi connectivity index (χ0v) is 8.39. The van der Waals surface area contributed by atoms with Gasteiger partial charge in [-0.1, -0.05) is 0 Å². The van der Waals surface area contributed by atoms with Crippen molar-refractivity contribution in [1.29, 1.82) is 0 Å². The molecule has 0 bridgehead atoms. The van der Waals surface area contributed by atoms with Crippen LogP contribution in [0.5, 0.6) is 0 Å². The van der Waals surface area contributed by atoms with Crippen LogP contribution in [0, 0.1) is 0 Å². The molecule has 1 heterocycles. The van der Waals surface area contributed by atoms with E-state index in [4.69, 9.17) is 5.11 Å². The molecule has 1 atom stereocenters. The number of nitrogens with one attached hydrogen (secondary N) is 1. The number of Topliss-reactive ketones (excluding diaryl/α,β-unsaturated/α-hetero) is 1. The van der Waals surface area contributed by atoms with E-state index in [2.05, 4.69) is 5.32 Å². The summed E-state index contributed by atoms with van der Waals surface area (Å²) in [5.74, 6) is -0.241. The number of carbonyl (C=O) groups excluding carboxylic acids is 1. The van der Waals surface area contributed by atoms with Gasteiger partial charge in [-0.05, 0) is 12.8 Å². The van der Waals surface area contributed by atoms with Crippen LogP contribution in [-0.4, -0.2) is 28.7 Å². The second-order valence-corrected chi connectivity index (χ2v) is 4.46. The molecule has 0 amide bonds. The quantitative estimate of drug-likeness (QED) is 0.672. The van der Waals surface area contributed by atoms with Crippen molar-refractivity contribution in [1.82, 2.24) is 5.32 Å². The SMILES string of the molecule is O=C1CCCC2=C1SCC(C(=O)O)N2. The Kier molecular flexibility index (Phi) is 2.50. The van der Waals surface area contributed by atoms with E-state index < -0.39 is 12.0 Å². The maximum atomic E-state index is 11.4. The summed E-state index contributed by atoms with van der Waals surface area (Å²) < 4.78 is 0. The molecule has 4 nitrogen and oxygen atoms in total. The van der Waals surface area contributed by atoms with Crippen LogP contribution in [0.15, 0.2) is 10.6 Å². The van der Waals surface area contributed by atoms with Crippen LogP contribution in [-0.2, 0) is 9.59 Å². The molecule has 1 aliphatic carbocycles. The molecule has 0 spiro atoms. The molecule has 1 aliphatic heterocycles. The van der Waals surface area contributed by atoms with Gasteiger partial charge in [-0.3, -0.25) is 4.79 Å². The first-order valence-electron chi connectivity index (χ1n) is 4.57. The average Bonchev–Trinajstić information content (AvgIpc) is 2.17. The van der Waals surface area contributed by atoms with Crippen molar-refractivity contribution in [2.75, 3.05) is 5.75 Å². The Labute approximate surface area is 85.7 Å². The van der Waals surface area contributed by atoms with Crippen molar-refractivity contribution >= 4 is 23.5 Å². The van der Waals surface area contributed by atoms with Crippen LogP contribution >= 0.6 is 11.8 Å². The van der Waals surface area contributed by atoms with Gasteiger partial charge in [0.2, 0.25) is 0 Å². The van der Waals surface area contributed by atoms with Gasteiger partial charge in [-0.25, -0.2) is 4.79 Å². The Hall–Kier alpha value is -0.970. The predicted molar refractivity (Wildman–Crippen MR) is 52.9 cm³/mol. The van der Waals surface area contributed by atoms with E-state index in [1.165, 1.54) is 11.8 Å². The van der Waals surface area contributed by atoms with Gasteiger partial charge >= 0.3 is 5.97 Å². The van der Waals surface area contributed by atoms with Gasteiger partial charge in [0.15, 0.2) is 5.78 Å². The Morgan fingerprint density at radius 2 is 2.29 bits per heavy atom. The lowest BCUT2D eigenvalue weighted by molar-refractivity contribution is -0.138. The van der Waals surface area contributed by atoms with Gasteiger partial charge in [0, 0.05) is 17.9 Å². The Morgan fingerprint density at radius 3 is 3.00 bits per heavy atom. The highest BCUT2D eigenvalue weighted by atomic mass is 32.2. The number of carbonyl (C=O) groups is 2. The van der Waals surface area contributed by atoms with E-state index in [1.54, 1.807) is 0 Å². The molecule has 76 valence electrons. The van der Waals surface area contributed by atoms with Gasteiger partial charge in [-0.15, -0.1) is 11.8 Å². The molecule has 5 heteroatoms. The van der Waals surface area contributed by atoms with Crippen LogP contribution in [0.25, 0.3) is 0 Å². The molecule has 2 rings (SSSR count). The van der Waals surface area contributed by atoms with Crippen molar-refractivity contribution in [2.45, 2.75) is 25.3 Å². The van der Waals surface area contributed by atoms with E-state index in [0.29, 0.717) is 12.2 Å². The lowest BCUT2D eigenvalue weighted by atomic mass is 10.0. The number of carboxylic acids is 1. The molecule has 0 aromatic rings. The fourth-order valence-corrected chi connectivity index (χ4v) is 2.84. The van der Waals surface area contributed by atoms with Crippen molar-refractivity contribution in [3.8, 4) is 0 Å². The molecule has 0 saturated carbocycles. The highest BCUT2D eigenvalue weighted by molar-refractivity contribution is 8.04. The molecule has 0 radical (unpaired) electrons. The maximum Gasteiger partial charge on any atom is 0.326 e. The third kappa shape index (κ3) is 1.64. The number of hydrogen-bond acceptors (Lipinski definition) is 4. The number of rotatable bonds is 1. The van der Waals surface area contributed by atoms with Gasteiger partial charge < -0.3 is 10.4 Å². The zero-order chi connectivity index (χ0) is 10.1. The summed E-state index contributed by atoms with van der Waals surface area (Å²) in [6.07, 6.45) is 2.24. The fraction of sp³-hybridized carbons (Fsp3) is 0.556. The molecule has 0 aromatic carbocycles. The first-order valence-corrected chi connectivity index (χ1v) is 5.55. The number of allylic oxidation sites excluding steroid dienone is 2. The lowest BCUT2D eigenvalue weighted by Gasteiger charge is -2.28. The Bertz CT molecular complexity index is 324. The standard InChI is InChI=1S/C9H11NO3S/c11-7-3-1-2-5-8(7)14-4-6(10-5)9(12)13/h6,10H,1-4H2,(H,12,13). The van der Waals surface area contributed by atoms with Crippen LogP contribution in [0.2, 0.25) is 0 Å². The number of hydrogen-bond donors (Lipinski definition) is 2. The summed E-state index contributed by atoms with van der Waals surface area (Å²) in [6.45, 7) is 0. The van der Waals surface area contributed by atoms with Gasteiger partial charge in [0.25, 0.3) is 0 Å². The zero-order valence-electron chi connectivity index (χ0n) is 7.58. The molecule has 0 saturated heterocycles. The fourth-order valence-electron chi connectivity index (χ4n) is 1.68. The van der Waals surface area contributed by atoms with Crippen LogP contribution in [0.4, 0.5) is 0 Å². The lowest BCUT2D eigenvalue weighted by Crippen LogP contribution is -2.42. The Balaban J connectivity index is 2.19.